The van der Waals surface area contributed by atoms with Crippen LogP contribution < -0.4 is 9.64 Å². The van der Waals surface area contributed by atoms with E-state index >= 15 is 0 Å². The summed E-state index contributed by atoms with van der Waals surface area (Å²) in [5.41, 5.74) is 1.26. The first-order valence-corrected chi connectivity index (χ1v) is 5.12. The Bertz CT molecular complexity index is 403. The predicted molar refractivity (Wildman–Crippen MR) is 64.3 cm³/mol. The van der Waals surface area contributed by atoms with Crippen molar-refractivity contribution in [3.63, 3.8) is 0 Å². The molecule has 0 aromatic heterocycles. The Balaban J connectivity index is 3.18. The molecule has 0 bridgehead atoms. The maximum Gasteiger partial charge on any atom is 0.339 e. The van der Waals surface area contributed by atoms with Crippen molar-refractivity contribution in [1.29, 1.82) is 0 Å². The van der Waals surface area contributed by atoms with Crippen molar-refractivity contribution in [3.8, 4) is 5.75 Å². The molecule has 5 heteroatoms. The summed E-state index contributed by atoms with van der Waals surface area (Å²) in [6, 6.07) is 5.24. The minimum atomic E-state index is -1.34. The number of hydrogen-bond donors (Lipinski definition) is 1. The van der Waals surface area contributed by atoms with Gasteiger partial charge in [0.2, 0.25) is 0 Å². The van der Waals surface area contributed by atoms with Crippen LogP contribution in [0.15, 0.2) is 18.2 Å². The van der Waals surface area contributed by atoms with E-state index in [4.69, 9.17) is 4.74 Å². The normalized spacial score (nSPS) is 11.8. The average molecular weight is 239 g/mol. The van der Waals surface area contributed by atoms with Crippen LogP contribution in [0.3, 0.4) is 0 Å². The minimum Gasteiger partial charge on any atom is -0.496 e. The Kier molecular flexibility index (Phi) is 4.34. The summed E-state index contributed by atoms with van der Waals surface area (Å²) >= 11 is 0. The van der Waals surface area contributed by atoms with Gasteiger partial charge in [0.1, 0.15) is 5.75 Å². The van der Waals surface area contributed by atoms with Gasteiger partial charge in [0.25, 0.3) is 0 Å². The number of benzene rings is 1. The van der Waals surface area contributed by atoms with Crippen LogP contribution in [0.1, 0.15) is 11.7 Å². The number of nitrogens with zero attached hydrogens (tertiary/aromatic N) is 1. The third-order valence-electron chi connectivity index (χ3n) is 2.45. The fourth-order valence-electron chi connectivity index (χ4n) is 1.45. The smallest absolute Gasteiger partial charge is 0.339 e. The van der Waals surface area contributed by atoms with Crippen LogP contribution in [0.25, 0.3) is 0 Å². The molecule has 17 heavy (non-hydrogen) atoms. The predicted octanol–water partition coefficient (Wildman–Crippen LogP) is 0.968. The SMILES string of the molecule is COC(=O)C(O)c1cc(N(C)C)ccc1OC. The Morgan fingerprint density at radius 1 is 1.35 bits per heavy atom. The highest BCUT2D eigenvalue weighted by Crippen LogP contribution is 2.29. The molecule has 0 aliphatic carbocycles. The molecule has 0 heterocycles. The molecule has 1 aromatic rings. The van der Waals surface area contributed by atoms with Gasteiger partial charge in [0.15, 0.2) is 6.10 Å². The molecule has 1 atom stereocenters. The van der Waals surface area contributed by atoms with Crippen LogP contribution in [0, 0.1) is 0 Å². The van der Waals surface area contributed by atoms with Crippen LogP contribution in [0.2, 0.25) is 0 Å². The van der Waals surface area contributed by atoms with E-state index in [1.54, 1.807) is 12.1 Å². The van der Waals surface area contributed by atoms with Crippen molar-refractivity contribution in [2.24, 2.45) is 0 Å². The number of anilines is 1. The van der Waals surface area contributed by atoms with Crippen LogP contribution in [0.4, 0.5) is 5.69 Å². The summed E-state index contributed by atoms with van der Waals surface area (Å²) in [6.45, 7) is 0. The molecule has 0 saturated carbocycles. The van der Waals surface area contributed by atoms with Gasteiger partial charge < -0.3 is 19.5 Å². The molecule has 0 radical (unpaired) electrons. The van der Waals surface area contributed by atoms with E-state index < -0.39 is 12.1 Å². The van der Waals surface area contributed by atoms with Crippen LogP contribution >= 0.6 is 0 Å². The molecule has 0 amide bonds. The average Bonchev–Trinajstić information content (AvgIpc) is 2.35. The number of esters is 1. The van der Waals surface area contributed by atoms with Gasteiger partial charge in [-0.15, -0.1) is 0 Å². The van der Waals surface area contributed by atoms with Gasteiger partial charge in [-0.2, -0.15) is 0 Å². The van der Waals surface area contributed by atoms with Crippen molar-refractivity contribution in [2.75, 3.05) is 33.2 Å². The topological polar surface area (TPSA) is 59.0 Å². The first kappa shape index (κ1) is 13.3. The quantitative estimate of drug-likeness (QED) is 0.793. The zero-order chi connectivity index (χ0) is 13.0. The largest absolute Gasteiger partial charge is 0.496 e. The monoisotopic (exact) mass is 239 g/mol. The van der Waals surface area contributed by atoms with Crippen molar-refractivity contribution < 1.29 is 19.4 Å². The second kappa shape index (κ2) is 5.54. The highest BCUT2D eigenvalue weighted by atomic mass is 16.5. The minimum absolute atomic E-state index is 0.394. The molecular formula is C12H17NO4. The lowest BCUT2D eigenvalue weighted by Crippen LogP contribution is -2.16. The van der Waals surface area contributed by atoms with E-state index in [0.717, 1.165) is 5.69 Å². The van der Waals surface area contributed by atoms with Crippen LogP contribution in [-0.4, -0.2) is 39.4 Å². The number of methoxy groups -OCH3 is 2. The third-order valence-corrected chi connectivity index (χ3v) is 2.45. The summed E-state index contributed by atoms with van der Waals surface area (Å²) in [6.07, 6.45) is -1.34. The van der Waals surface area contributed by atoms with E-state index in [0.29, 0.717) is 11.3 Å². The molecule has 0 saturated heterocycles. The Morgan fingerprint density at radius 3 is 2.47 bits per heavy atom. The lowest BCUT2D eigenvalue weighted by atomic mass is 10.1. The summed E-state index contributed by atoms with van der Waals surface area (Å²) in [5.74, 6) is -0.257. The van der Waals surface area contributed by atoms with E-state index in [1.807, 2.05) is 25.1 Å². The molecule has 94 valence electrons. The molecular weight excluding hydrogens is 222 g/mol. The van der Waals surface area contributed by atoms with E-state index in [9.17, 15) is 9.90 Å². The van der Waals surface area contributed by atoms with Crippen LogP contribution in [-0.2, 0) is 9.53 Å². The molecule has 1 unspecified atom stereocenters. The molecule has 1 aromatic carbocycles. The Hall–Kier alpha value is -1.75. The third kappa shape index (κ3) is 2.88. The number of ether oxygens (including phenoxy) is 2. The lowest BCUT2D eigenvalue weighted by Gasteiger charge is -2.18. The second-order valence-electron chi connectivity index (χ2n) is 3.75. The van der Waals surface area contributed by atoms with Gasteiger partial charge in [0, 0.05) is 25.3 Å². The molecule has 1 N–H and O–H groups in total. The van der Waals surface area contributed by atoms with E-state index in [2.05, 4.69) is 4.74 Å². The number of hydrogen-bond acceptors (Lipinski definition) is 5. The number of aliphatic hydroxyl groups is 1. The van der Waals surface area contributed by atoms with Crippen molar-refractivity contribution in [1.82, 2.24) is 0 Å². The number of carbonyl (C=O) groups excluding carboxylic acids is 1. The number of rotatable bonds is 4. The number of aliphatic hydroxyl groups excluding tert-OH is 1. The van der Waals surface area contributed by atoms with Crippen molar-refractivity contribution in [2.45, 2.75) is 6.10 Å². The molecule has 0 aliphatic heterocycles. The Labute approximate surface area is 101 Å². The highest BCUT2D eigenvalue weighted by Gasteiger charge is 2.22. The van der Waals surface area contributed by atoms with Crippen molar-refractivity contribution >= 4 is 11.7 Å². The molecule has 0 spiro atoms. The van der Waals surface area contributed by atoms with Gasteiger partial charge in [-0.3, -0.25) is 0 Å². The standard InChI is InChI=1S/C12H17NO4/c1-13(2)8-5-6-10(16-3)9(7-8)11(14)12(15)17-4/h5-7,11,14H,1-4H3. The maximum absolute atomic E-state index is 11.3. The van der Waals surface area contributed by atoms with Gasteiger partial charge in [-0.1, -0.05) is 0 Å². The molecule has 1 rings (SSSR count). The number of carbonyl (C=O) groups is 1. The lowest BCUT2D eigenvalue weighted by molar-refractivity contribution is -0.150. The molecule has 0 aliphatic rings. The second-order valence-corrected chi connectivity index (χ2v) is 3.75. The van der Waals surface area contributed by atoms with Crippen LogP contribution in [0.5, 0.6) is 5.75 Å². The van der Waals surface area contributed by atoms with Gasteiger partial charge >= 0.3 is 5.97 Å². The van der Waals surface area contributed by atoms with Gasteiger partial charge in [0.05, 0.1) is 14.2 Å². The van der Waals surface area contributed by atoms with Gasteiger partial charge in [-0.25, -0.2) is 4.79 Å². The summed E-state index contributed by atoms with van der Waals surface area (Å²) in [4.78, 5) is 13.2. The maximum atomic E-state index is 11.3. The summed E-state index contributed by atoms with van der Waals surface area (Å²) in [7, 11) is 6.46. The summed E-state index contributed by atoms with van der Waals surface area (Å²) in [5, 5.41) is 9.83. The zero-order valence-corrected chi connectivity index (χ0v) is 10.4. The Morgan fingerprint density at radius 2 is 2.00 bits per heavy atom. The first-order valence-electron chi connectivity index (χ1n) is 5.12. The molecule has 5 nitrogen and oxygen atoms in total. The zero-order valence-electron chi connectivity index (χ0n) is 10.4. The highest BCUT2D eigenvalue weighted by molar-refractivity contribution is 5.78. The van der Waals surface area contributed by atoms with E-state index in [-0.39, 0.29) is 0 Å². The van der Waals surface area contributed by atoms with Gasteiger partial charge in [-0.05, 0) is 18.2 Å². The fourth-order valence-corrected chi connectivity index (χ4v) is 1.45. The first-order chi connectivity index (χ1) is 8.01. The van der Waals surface area contributed by atoms with E-state index in [1.165, 1.54) is 14.2 Å². The fraction of sp³-hybridized carbons (Fsp3) is 0.417. The molecule has 0 fully saturated rings. The summed E-state index contributed by atoms with van der Waals surface area (Å²) < 4.78 is 9.62. The van der Waals surface area contributed by atoms with Crippen molar-refractivity contribution in [3.05, 3.63) is 23.8 Å².